The van der Waals surface area contributed by atoms with E-state index in [4.69, 9.17) is 11.6 Å². The Bertz CT molecular complexity index is 1600. The molecular formula is C31H27ClN4O3. The number of aromatic nitrogens is 2. The molecule has 0 fully saturated rings. The highest BCUT2D eigenvalue weighted by molar-refractivity contribution is 6.31. The van der Waals surface area contributed by atoms with Crippen LogP contribution in [-0.2, 0) is 17.8 Å². The zero-order valence-corrected chi connectivity index (χ0v) is 21.9. The lowest BCUT2D eigenvalue weighted by molar-refractivity contribution is -0.384. The third kappa shape index (κ3) is 6.16. The molecular weight excluding hydrogens is 512 g/mol. The van der Waals surface area contributed by atoms with Crippen molar-refractivity contribution in [2.24, 2.45) is 0 Å². The van der Waals surface area contributed by atoms with Gasteiger partial charge in [-0.15, -0.1) is 0 Å². The highest BCUT2D eigenvalue weighted by Gasteiger charge is 2.25. The van der Waals surface area contributed by atoms with E-state index in [1.54, 1.807) is 24.4 Å². The first-order valence-electron chi connectivity index (χ1n) is 12.7. The lowest BCUT2D eigenvalue weighted by Crippen LogP contribution is -2.27. The van der Waals surface area contributed by atoms with Gasteiger partial charge in [-0.3, -0.25) is 19.9 Å². The summed E-state index contributed by atoms with van der Waals surface area (Å²) in [7, 11) is 0. The Morgan fingerprint density at radius 1 is 0.974 bits per heavy atom. The van der Waals surface area contributed by atoms with Crippen LogP contribution in [0.3, 0.4) is 0 Å². The molecule has 1 N–H and O–H groups in total. The number of hydrogen-bond donors (Lipinski definition) is 1. The van der Waals surface area contributed by atoms with E-state index < -0.39 is 10.8 Å². The van der Waals surface area contributed by atoms with Crippen LogP contribution in [0.5, 0.6) is 0 Å². The largest absolute Gasteiger partial charge is 0.356 e. The molecule has 8 heteroatoms. The summed E-state index contributed by atoms with van der Waals surface area (Å²) in [6.45, 7) is 1.03. The number of halogens is 1. The number of nitrogens with one attached hydrogen (secondary N) is 1. The Kier molecular flexibility index (Phi) is 7.99. The summed E-state index contributed by atoms with van der Waals surface area (Å²) in [6.07, 6.45) is 4.48. The van der Waals surface area contributed by atoms with Gasteiger partial charge in [0.2, 0.25) is 5.91 Å². The van der Waals surface area contributed by atoms with E-state index in [2.05, 4.69) is 14.9 Å². The van der Waals surface area contributed by atoms with E-state index in [9.17, 15) is 14.9 Å². The molecule has 0 radical (unpaired) electrons. The Balaban J connectivity index is 1.52. The molecule has 7 nitrogen and oxygen atoms in total. The zero-order chi connectivity index (χ0) is 27.2. The van der Waals surface area contributed by atoms with Gasteiger partial charge >= 0.3 is 0 Å². The number of non-ortho nitro benzene ring substituents is 1. The Labute approximate surface area is 231 Å². The van der Waals surface area contributed by atoms with Crippen molar-refractivity contribution in [2.75, 3.05) is 6.54 Å². The van der Waals surface area contributed by atoms with Gasteiger partial charge < -0.3 is 9.88 Å². The van der Waals surface area contributed by atoms with Crippen LogP contribution < -0.4 is 5.32 Å². The monoisotopic (exact) mass is 538 g/mol. The predicted octanol–water partition coefficient (Wildman–Crippen LogP) is 6.53. The van der Waals surface area contributed by atoms with Gasteiger partial charge in [-0.25, -0.2) is 0 Å². The van der Waals surface area contributed by atoms with E-state index in [1.807, 2.05) is 72.9 Å². The molecule has 2 aromatic heterocycles. The highest BCUT2D eigenvalue weighted by atomic mass is 35.5. The zero-order valence-electron chi connectivity index (χ0n) is 21.2. The first-order chi connectivity index (χ1) is 19.0. The molecule has 1 amide bonds. The molecule has 1 unspecified atom stereocenters. The molecule has 3 aromatic carbocycles. The fourth-order valence-corrected chi connectivity index (χ4v) is 5.16. The van der Waals surface area contributed by atoms with Gasteiger partial charge in [0.1, 0.15) is 0 Å². The maximum atomic E-state index is 13.2. The maximum Gasteiger partial charge on any atom is 0.270 e. The molecule has 2 heterocycles. The van der Waals surface area contributed by atoms with Gasteiger partial charge in [-0.2, -0.15) is 0 Å². The number of carbonyl (C=O) groups excluding carboxylic acids is 1. The number of carbonyl (C=O) groups is 1. The second-order valence-electron chi connectivity index (χ2n) is 9.36. The quantitative estimate of drug-likeness (QED) is 0.162. The summed E-state index contributed by atoms with van der Waals surface area (Å²) in [6, 6.07) is 28.0. The van der Waals surface area contributed by atoms with Gasteiger partial charge in [0.25, 0.3) is 5.69 Å². The van der Waals surface area contributed by atoms with Crippen molar-refractivity contribution >= 4 is 34.1 Å². The summed E-state index contributed by atoms with van der Waals surface area (Å²) in [5, 5.41) is 15.9. The number of hydrogen-bond acceptors (Lipinski definition) is 4. The number of rotatable bonds is 10. The normalized spacial score (nSPS) is 11.8. The number of benzene rings is 3. The fraction of sp³-hybridized carbons (Fsp3) is 0.161. The molecule has 0 aliphatic carbocycles. The van der Waals surface area contributed by atoms with Gasteiger partial charge in [0.05, 0.1) is 4.92 Å². The minimum absolute atomic E-state index is 0.000989. The maximum absolute atomic E-state index is 13.2. The molecule has 1 atom stereocenters. The fourth-order valence-electron chi connectivity index (χ4n) is 4.89. The first kappa shape index (κ1) is 26.1. The second-order valence-corrected chi connectivity index (χ2v) is 9.76. The predicted molar refractivity (Wildman–Crippen MR) is 153 cm³/mol. The Morgan fingerprint density at radius 3 is 2.49 bits per heavy atom. The van der Waals surface area contributed by atoms with Crippen LogP contribution in [0.4, 0.5) is 5.69 Å². The minimum Gasteiger partial charge on any atom is -0.356 e. The Morgan fingerprint density at radius 2 is 1.74 bits per heavy atom. The average molecular weight is 539 g/mol. The minimum atomic E-state index is -0.407. The third-order valence-corrected chi connectivity index (χ3v) is 7.12. The van der Waals surface area contributed by atoms with Crippen molar-refractivity contribution in [3.05, 3.63) is 141 Å². The number of nitro benzene ring substituents is 1. The van der Waals surface area contributed by atoms with Crippen molar-refractivity contribution in [2.45, 2.75) is 25.3 Å². The van der Waals surface area contributed by atoms with Crippen LogP contribution in [0.2, 0.25) is 5.02 Å². The summed E-state index contributed by atoms with van der Waals surface area (Å²) in [4.78, 5) is 28.8. The van der Waals surface area contributed by atoms with Crippen LogP contribution in [0.25, 0.3) is 10.9 Å². The van der Waals surface area contributed by atoms with E-state index in [-0.39, 0.29) is 18.0 Å². The van der Waals surface area contributed by atoms with Crippen LogP contribution in [0, 0.1) is 10.1 Å². The molecule has 0 saturated carbocycles. The SMILES string of the molecule is O=C(CC(c1ccccc1Cl)c1cn(Cc2ccccc2)c2ccc([N+](=O)[O-])cc12)NCCc1ccccn1. The van der Waals surface area contributed by atoms with Crippen molar-refractivity contribution in [1.29, 1.82) is 0 Å². The molecule has 0 aliphatic rings. The smallest absolute Gasteiger partial charge is 0.270 e. The van der Waals surface area contributed by atoms with Gasteiger partial charge in [-0.1, -0.05) is 66.2 Å². The summed E-state index contributed by atoms with van der Waals surface area (Å²) >= 11 is 6.65. The molecule has 39 heavy (non-hydrogen) atoms. The highest BCUT2D eigenvalue weighted by Crippen LogP contribution is 2.39. The van der Waals surface area contributed by atoms with Crippen molar-refractivity contribution in [3.8, 4) is 0 Å². The molecule has 5 rings (SSSR count). The summed E-state index contributed by atoms with van der Waals surface area (Å²) in [5.41, 5.74) is 4.46. The van der Waals surface area contributed by atoms with Crippen LogP contribution in [-0.4, -0.2) is 26.9 Å². The molecule has 0 aliphatic heterocycles. The lowest BCUT2D eigenvalue weighted by Gasteiger charge is -2.18. The van der Waals surface area contributed by atoms with E-state index in [0.717, 1.165) is 33.3 Å². The van der Waals surface area contributed by atoms with E-state index in [1.165, 1.54) is 6.07 Å². The molecule has 5 aromatic rings. The number of nitro groups is 1. The van der Waals surface area contributed by atoms with Crippen LogP contribution >= 0.6 is 11.6 Å². The van der Waals surface area contributed by atoms with Crippen LogP contribution in [0.1, 0.15) is 34.7 Å². The summed E-state index contributed by atoms with van der Waals surface area (Å²) < 4.78 is 2.08. The van der Waals surface area contributed by atoms with E-state index >= 15 is 0 Å². The lowest BCUT2D eigenvalue weighted by atomic mass is 9.87. The van der Waals surface area contributed by atoms with Crippen molar-refractivity contribution < 1.29 is 9.72 Å². The number of nitrogens with zero attached hydrogens (tertiary/aromatic N) is 3. The molecule has 196 valence electrons. The Hall–Kier alpha value is -4.49. The second kappa shape index (κ2) is 11.9. The first-order valence-corrected chi connectivity index (χ1v) is 13.1. The van der Waals surface area contributed by atoms with Crippen molar-refractivity contribution in [3.63, 3.8) is 0 Å². The number of amides is 1. The standard InChI is InChI=1S/C31H27ClN4O3/c32-29-12-5-4-11-25(29)26(19-31(37)34-17-15-23-10-6-7-16-33-23)28-21-35(20-22-8-2-1-3-9-22)30-14-13-24(36(38)39)18-27(28)30/h1-14,16,18,21,26H,15,17,19-20H2,(H,34,37). The van der Waals surface area contributed by atoms with Crippen LogP contribution in [0.15, 0.2) is 103 Å². The number of pyridine rings is 1. The van der Waals surface area contributed by atoms with Gasteiger partial charge in [0, 0.05) is 78.0 Å². The molecule has 0 spiro atoms. The molecule has 0 saturated heterocycles. The third-order valence-electron chi connectivity index (χ3n) is 6.78. The van der Waals surface area contributed by atoms with Gasteiger partial charge in [-0.05, 0) is 41.0 Å². The number of fused-ring (bicyclic) bond motifs is 1. The van der Waals surface area contributed by atoms with Gasteiger partial charge in [0.15, 0.2) is 0 Å². The summed E-state index contributed by atoms with van der Waals surface area (Å²) in [5.74, 6) is -0.541. The molecule has 0 bridgehead atoms. The van der Waals surface area contributed by atoms with E-state index in [0.29, 0.717) is 24.5 Å². The topological polar surface area (TPSA) is 90.1 Å². The average Bonchev–Trinajstić information content (AvgIpc) is 3.30. The van der Waals surface area contributed by atoms with Crippen molar-refractivity contribution in [1.82, 2.24) is 14.9 Å².